The molecule has 0 amide bonds. The standard InChI is InChI=1S/C18H20Cl2N2O2S/c1-13-6-7-17(14(2)12-13)25(23,24)22-10-8-21(9-11-22)16-5-3-4-15(19)18(16)20/h3-7,12H,8-11H2,1-2H3. The van der Waals surface area contributed by atoms with E-state index in [1.807, 2.05) is 38.1 Å². The van der Waals surface area contributed by atoms with Crippen LogP contribution in [-0.2, 0) is 10.0 Å². The summed E-state index contributed by atoms with van der Waals surface area (Å²) in [6, 6.07) is 10.9. The molecule has 1 saturated heterocycles. The molecule has 0 aliphatic carbocycles. The summed E-state index contributed by atoms with van der Waals surface area (Å²) in [5.74, 6) is 0. The fourth-order valence-electron chi connectivity index (χ4n) is 3.13. The van der Waals surface area contributed by atoms with Gasteiger partial charge in [0.15, 0.2) is 0 Å². The molecule has 0 atom stereocenters. The van der Waals surface area contributed by atoms with E-state index in [0.717, 1.165) is 16.8 Å². The lowest BCUT2D eigenvalue weighted by Gasteiger charge is -2.36. The van der Waals surface area contributed by atoms with Gasteiger partial charge in [0.1, 0.15) is 0 Å². The zero-order valence-electron chi connectivity index (χ0n) is 14.2. The first-order chi connectivity index (χ1) is 11.8. The summed E-state index contributed by atoms with van der Waals surface area (Å²) in [7, 11) is -3.49. The molecule has 0 bridgehead atoms. The van der Waals surface area contributed by atoms with E-state index in [1.165, 1.54) is 0 Å². The maximum Gasteiger partial charge on any atom is 0.243 e. The van der Waals surface area contributed by atoms with Crippen molar-refractivity contribution in [3.8, 4) is 0 Å². The maximum atomic E-state index is 12.9. The Balaban J connectivity index is 1.78. The van der Waals surface area contributed by atoms with Gasteiger partial charge in [0, 0.05) is 26.2 Å². The van der Waals surface area contributed by atoms with Crippen molar-refractivity contribution in [3.05, 3.63) is 57.6 Å². The van der Waals surface area contributed by atoms with Gasteiger partial charge in [-0.3, -0.25) is 0 Å². The van der Waals surface area contributed by atoms with Gasteiger partial charge in [-0.2, -0.15) is 4.31 Å². The number of nitrogens with zero attached hydrogens (tertiary/aromatic N) is 2. The summed E-state index contributed by atoms with van der Waals surface area (Å²) in [4.78, 5) is 2.45. The number of hydrogen-bond acceptors (Lipinski definition) is 3. The van der Waals surface area contributed by atoms with E-state index in [9.17, 15) is 8.42 Å². The minimum absolute atomic E-state index is 0.382. The third-order valence-electron chi connectivity index (χ3n) is 4.46. The van der Waals surface area contributed by atoms with Crippen molar-refractivity contribution in [2.24, 2.45) is 0 Å². The van der Waals surface area contributed by atoms with Gasteiger partial charge in [-0.25, -0.2) is 8.42 Å². The Labute approximate surface area is 159 Å². The van der Waals surface area contributed by atoms with Gasteiger partial charge in [-0.15, -0.1) is 0 Å². The van der Waals surface area contributed by atoms with Crippen molar-refractivity contribution in [1.82, 2.24) is 4.31 Å². The van der Waals surface area contributed by atoms with Gasteiger partial charge in [0.25, 0.3) is 0 Å². The van der Waals surface area contributed by atoms with Gasteiger partial charge in [0.2, 0.25) is 10.0 Å². The highest BCUT2D eigenvalue weighted by molar-refractivity contribution is 7.89. The lowest BCUT2D eigenvalue weighted by molar-refractivity contribution is 0.384. The van der Waals surface area contributed by atoms with E-state index in [1.54, 1.807) is 16.4 Å². The van der Waals surface area contributed by atoms with Gasteiger partial charge >= 0.3 is 0 Å². The molecule has 4 nitrogen and oxygen atoms in total. The quantitative estimate of drug-likeness (QED) is 0.780. The largest absolute Gasteiger partial charge is 0.368 e. The summed E-state index contributed by atoms with van der Waals surface area (Å²) in [6.45, 7) is 5.77. The molecule has 134 valence electrons. The Morgan fingerprint density at radius 3 is 2.28 bits per heavy atom. The Hall–Kier alpha value is -1.27. The predicted molar refractivity (Wildman–Crippen MR) is 103 cm³/mol. The minimum atomic E-state index is -3.49. The van der Waals surface area contributed by atoms with Crippen LogP contribution in [0.15, 0.2) is 41.3 Å². The van der Waals surface area contributed by atoms with Crippen LogP contribution in [0.4, 0.5) is 5.69 Å². The molecule has 0 spiro atoms. The molecule has 0 radical (unpaired) electrons. The summed E-state index contributed by atoms with van der Waals surface area (Å²) >= 11 is 12.4. The van der Waals surface area contributed by atoms with Crippen molar-refractivity contribution in [1.29, 1.82) is 0 Å². The van der Waals surface area contributed by atoms with E-state index in [4.69, 9.17) is 23.2 Å². The van der Waals surface area contributed by atoms with Crippen LogP contribution in [0.5, 0.6) is 0 Å². The molecule has 25 heavy (non-hydrogen) atoms. The van der Waals surface area contributed by atoms with Crippen LogP contribution in [0.2, 0.25) is 10.0 Å². The smallest absolute Gasteiger partial charge is 0.243 e. The SMILES string of the molecule is Cc1ccc(S(=O)(=O)N2CCN(c3cccc(Cl)c3Cl)CC2)c(C)c1. The third kappa shape index (κ3) is 3.65. The molecule has 0 N–H and O–H groups in total. The maximum absolute atomic E-state index is 12.9. The molecule has 2 aromatic carbocycles. The van der Waals surface area contributed by atoms with Crippen LogP contribution in [-0.4, -0.2) is 38.9 Å². The molecular formula is C18H20Cl2N2O2S. The lowest BCUT2D eigenvalue weighted by Crippen LogP contribution is -2.48. The Morgan fingerprint density at radius 1 is 0.960 bits per heavy atom. The Kier molecular flexibility index (Phi) is 5.30. The zero-order chi connectivity index (χ0) is 18.2. The van der Waals surface area contributed by atoms with E-state index >= 15 is 0 Å². The van der Waals surface area contributed by atoms with Crippen LogP contribution >= 0.6 is 23.2 Å². The summed E-state index contributed by atoms with van der Waals surface area (Å²) < 4.78 is 27.4. The fourth-order valence-corrected chi connectivity index (χ4v) is 5.18. The van der Waals surface area contributed by atoms with Crippen molar-refractivity contribution in [2.75, 3.05) is 31.1 Å². The molecule has 3 rings (SSSR count). The molecule has 7 heteroatoms. The number of benzene rings is 2. The van der Waals surface area contributed by atoms with Crippen molar-refractivity contribution >= 4 is 38.9 Å². The number of halogens is 2. The van der Waals surface area contributed by atoms with Crippen LogP contribution < -0.4 is 4.90 Å². The van der Waals surface area contributed by atoms with Crippen LogP contribution in [0.25, 0.3) is 0 Å². The highest BCUT2D eigenvalue weighted by atomic mass is 35.5. The molecule has 0 unspecified atom stereocenters. The first-order valence-electron chi connectivity index (χ1n) is 8.07. The Bertz CT molecular complexity index is 892. The summed E-state index contributed by atoms with van der Waals surface area (Å²) in [6.07, 6.45) is 0. The molecule has 1 heterocycles. The number of rotatable bonds is 3. The Morgan fingerprint density at radius 2 is 1.64 bits per heavy atom. The molecule has 1 fully saturated rings. The number of hydrogen-bond donors (Lipinski definition) is 0. The van der Waals surface area contributed by atoms with Crippen molar-refractivity contribution in [2.45, 2.75) is 18.7 Å². The summed E-state index contributed by atoms with van der Waals surface area (Å²) in [5, 5.41) is 1.01. The van der Waals surface area contributed by atoms with Gasteiger partial charge < -0.3 is 4.90 Å². The molecule has 0 saturated carbocycles. The average Bonchev–Trinajstić information content (AvgIpc) is 2.57. The number of aryl methyl sites for hydroxylation is 2. The van der Waals surface area contributed by atoms with E-state index < -0.39 is 10.0 Å². The molecule has 0 aromatic heterocycles. The summed E-state index contributed by atoms with van der Waals surface area (Å²) in [5.41, 5.74) is 2.68. The van der Waals surface area contributed by atoms with Gasteiger partial charge in [-0.1, -0.05) is 47.0 Å². The second-order valence-electron chi connectivity index (χ2n) is 6.23. The highest BCUT2D eigenvalue weighted by Gasteiger charge is 2.30. The van der Waals surface area contributed by atoms with Gasteiger partial charge in [0.05, 0.1) is 20.6 Å². The predicted octanol–water partition coefficient (Wildman–Crippen LogP) is 4.12. The first kappa shape index (κ1) is 18.5. The molecule has 1 aliphatic rings. The lowest BCUT2D eigenvalue weighted by atomic mass is 10.2. The zero-order valence-corrected chi connectivity index (χ0v) is 16.5. The molecule has 2 aromatic rings. The average molecular weight is 399 g/mol. The van der Waals surface area contributed by atoms with Crippen LogP contribution in [0.1, 0.15) is 11.1 Å². The van der Waals surface area contributed by atoms with E-state index in [0.29, 0.717) is 41.1 Å². The second kappa shape index (κ2) is 7.16. The number of anilines is 1. The number of piperazine rings is 1. The van der Waals surface area contributed by atoms with E-state index in [2.05, 4.69) is 4.90 Å². The first-order valence-corrected chi connectivity index (χ1v) is 10.3. The van der Waals surface area contributed by atoms with Crippen molar-refractivity contribution in [3.63, 3.8) is 0 Å². The topological polar surface area (TPSA) is 40.6 Å². The van der Waals surface area contributed by atoms with Crippen molar-refractivity contribution < 1.29 is 8.42 Å². The van der Waals surface area contributed by atoms with E-state index in [-0.39, 0.29) is 0 Å². The second-order valence-corrected chi connectivity index (χ2v) is 8.92. The van der Waals surface area contributed by atoms with Crippen LogP contribution in [0.3, 0.4) is 0 Å². The van der Waals surface area contributed by atoms with Gasteiger partial charge in [-0.05, 0) is 37.6 Å². The molecular weight excluding hydrogens is 379 g/mol. The normalized spacial score (nSPS) is 16.2. The monoisotopic (exact) mass is 398 g/mol. The highest BCUT2D eigenvalue weighted by Crippen LogP contribution is 2.33. The molecule has 1 aliphatic heterocycles. The minimum Gasteiger partial charge on any atom is -0.368 e. The van der Waals surface area contributed by atoms with Crippen LogP contribution in [0, 0.1) is 13.8 Å². The fraction of sp³-hybridized carbons (Fsp3) is 0.333. The third-order valence-corrected chi connectivity index (χ3v) is 7.33. The number of sulfonamides is 1.